The van der Waals surface area contributed by atoms with Gasteiger partial charge in [-0.05, 0) is 56.0 Å². The number of rotatable bonds is 6. The zero-order valence-electron chi connectivity index (χ0n) is 17.6. The number of amides is 1. The first-order chi connectivity index (χ1) is 15.0. The van der Waals surface area contributed by atoms with Gasteiger partial charge in [-0.25, -0.2) is 9.97 Å². The van der Waals surface area contributed by atoms with E-state index < -0.39 is 5.41 Å². The second kappa shape index (κ2) is 10.2. The first-order valence-corrected chi connectivity index (χ1v) is 10.6. The predicted molar refractivity (Wildman–Crippen MR) is 123 cm³/mol. The lowest BCUT2D eigenvalue weighted by Crippen LogP contribution is -2.44. The lowest BCUT2D eigenvalue weighted by molar-refractivity contribution is -0.128. The Hall–Kier alpha value is -3.23. The standard InChI is InChI=1S/C25H25ClN4O/c1-3-4-8-22(19(2)23-9-12-28-18-29-23)24(31)30-13-10-25(17-27,11-14-30)16-20-6-5-7-21(26)15-20/h3-9,12,15,18H,2,10-11,13-14,16H2,1H3/b4-3-,22-8+. The molecule has 2 aromatic rings. The Morgan fingerprint density at radius 2 is 2.13 bits per heavy atom. The molecule has 1 aliphatic heterocycles. The number of hydrogen-bond donors (Lipinski definition) is 0. The molecule has 1 aliphatic rings. The molecule has 6 heteroatoms. The quantitative estimate of drug-likeness (QED) is 0.474. The topological polar surface area (TPSA) is 69.9 Å². The first kappa shape index (κ1) is 22.5. The van der Waals surface area contributed by atoms with Crippen molar-refractivity contribution in [3.63, 3.8) is 0 Å². The van der Waals surface area contributed by atoms with Crippen LogP contribution in [0.4, 0.5) is 0 Å². The molecule has 5 nitrogen and oxygen atoms in total. The smallest absolute Gasteiger partial charge is 0.254 e. The summed E-state index contributed by atoms with van der Waals surface area (Å²) >= 11 is 6.11. The Morgan fingerprint density at radius 3 is 2.74 bits per heavy atom. The molecular weight excluding hydrogens is 408 g/mol. The highest BCUT2D eigenvalue weighted by Crippen LogP contribution is 2.36. The van der Waals surface area contributed by atoms with Gasteiger partial charge in [0.25, 0.3) is 5.91 Å². The van der Waals surface area contributed by atoms with Crippen molar-refractivity contribution in [2.24, 2.45) is 5.41 Å². The molecule has 0 bridgehead atoms. The van der Waals surface area contributed by atoms with Crippen molar-refractivity contribution in [3.05, 3.63) is 89.5 Å². The average molecular weight is 433 g/mol. The summed E-state index contributed by atoms with van der Waals surface area (Å²) in [7, 11) is 0. The molecule has 0 saturated carbocycles. The predicted octanol–water partition coefficient (Wildman–Crippen LogP) is 5.02. The van der Waals surface area contributed by atoms with Crippen LogP contribution in [0.1, 0.15) is 31.0 Å². The molecule has 0 N–H and O–H groups in total. The summed E-state index contributed by atoms with van der Waals surface area (Å²) < 4.78 is 0. The number of nitrogens with zero attached hydrogens (tertiary/aromatic N) is 4. The van der Waals surface area contributed by atoms with Crippen molar-refractivity contribution < 1.29 is 4.79 Å². The highest BCUT2D eigenvalue weighted by atomic mass is 35.5. The molecule has 1 aromatic heterocycles. The molecule has 31 heavy (non-hydrogen) atoms. The van der Waals surface area contributed by atoms with Crippen molar-refractivity contribution in [2.45, 2.75) is 26.2 Å². The SMILES string of the molecule is C=C(/C(=C\C=C/C)C(=O)N1CCC(C#N)(Cc2cccc(Cl)c2)CC1)c1ccncn1. The van der Waals surface area contributed by atoms with Crippen LogP contribution in [0.2, 0.25) is 5.02 Å². The molecule has 0 unspecified atom stereocenters. The maximum atomic E-state index is 13.3. The van der Waals surface area contributed by atoms with E-state index >= 15 is 0 Å². The van der Waals surface area contributed by atoms with Crippen LogP contribution in [0.25, 0.3) is 5.57 Å². The monoisotopic (exact) mass is 432 g/mol. The van der Waals surface area contributed by atoms with Crippen LogP contribution in [0.5, 0.6) is 0 Å². The number of benzene rings is 1. The Morgan fingerprint density at radius 1 is 1.35 bits per heavy atom. The van der Waals surface area contributed by atoms with Crippen LogP contribution in [-0.2, 0) is 11.2 Å². The van der Waals surface area contributed by atoms with E-state index in [1.165, 1.54) is 6.33 Å². The Balaban J connectivity index is 1.75. The molecule has 3 rings (SSSR count). The van der Waals surface area contributed by atoms with Gasteiger partial charge in [-0.15, -0.1) is 0 Å². The number of halogens is 1. The van der Waals surface area contributed by atoms with E-state index in [-0.39, 0.29) is 5.91 Å². The number of hydrogen-bond acceptors (Lipinski definition) is 4. The second-order valence-electron chi connectivity index (χ2n) is 7.67. The van der Waals surface area contributed by atoms with Gasteiger partial charge in [-0.2, -0.15) is 5.26 Å². The number of nitriles is 1. The van der Waals surface area contributed by atoms with Gasteiger partial charge in [0.2, 0.25) is 0 Å². The number of carbonyl (C=O) groups is 1. The van der Waals surface area contributed by atoms with E-state index in [9.17, 15) is 10.1 Å². The lowest BCUT2D eigenvalue weighted by atomic mass is 9.75. The molecule has 1 aromatic carbocycles. The van der Waals surface area contributed by atoms with E-state index in [2.05, 4.69) is 22.6 Å². The van der Waals surface area contributed by atoms with E-state index in [4.69, 9.17) is 11.6 Å². The van der Waals surface area contributed by atoms with E-state index in [0.29, 0.717) is 54.2 Å². The van der Waals surface area contributed by atoms with E-state index in [0.717, 1.165) is 5.56 Å². The summed E-state index contributed by atoms with van der Waals surface area (Å²) in [5.41, 5.74) is 2.21. The summed E-state index contributed by atoms with van der Waals surface area (Å²) in [6.45, 7) is 7.01. The van der Waals surface area contributed by atoms with Crippen molar-refractivity contribution in [2.75, 3.05) is 13.1 Å². The van der Waals surface area contributed by atoms with Gasteiger partial charge in [0.1, 0.15) is 6.33 Å². The third-order valence-electron chi connectivity index (χ3n) is 5.58. The maximum absolute atomic E-state index is 13.3. The molecule has 2 heterocycles. The van der Waals surface area contributed by atoms with Crippen molar-refractivity contribution in [1.82, 2.24) is 14.9 Å². The van der Waals surface area contributed by atoms with Crippen LogP contribution in [-0.4, -0.2) is 33.9 Å². The number of likely N-dealkylation sites (tertiary alicyclic amines) is 1. The van der Waals surface area contributed by atoms with E-state index in [1.807, 2.05) is 43.3 Å². The van der Waals surface area contributed by atoms with Gasteiger partial charge in [0.05, 0.1) is 17.2 Å². The number of aromatic nitrogens is 2. The summed E-state index contributed by atoms with van der Waals surface area (Å²) in [5, 5.41) is 10.6. The molecule has 0 spiro atoms. The van der Waals surface area contributed by atoms with Crippen LogP contribution in [0, 0.1) is 16.7 Å². The molecule has 0 radical (unpaired) electrons. The zero-order valence-corrected chi connectivity index (χ0v) is 18.3. The van der Waals surface area contributed by atoms with Crippen molar-refractivity contribution in [3.8, 4) is 6.07 Å². The van der Waals surface area contributed by atoms with E-state index in [1.54, 1.807) is 23.2 Å². The summed E-state index contributed by atoms with van der Waals surface area (Å²) in [6.07, 6.45) is 10.4. The fourth-order valence-electron chi connectivity index (χ4n) is 3.77. The normalized spacial score (nSPS) is 16.2. The van der Waals surface area contributed by atoms with Crippen molar-refractivity contribution >= 4 is 23.1 Å². The summed E-state index contributed by atoms with van der Waals surface area (Å²) in [6, 6.07) is 11.9. The zero-order chi connectivity index (χ0) is 22.3. The molecule has 0 aliphatic carbocycles. The average Bonchev–Trinajstić information content (AvgIpc) is 2.80. The molecular formula is C25H25ClN4O. The number of carbonyl (C=O) groups excluding carboxylic acids is 1. The van der Waals surface area contributed by atoms with Crippen LogP contribution < -0.4 is 0 Å². The van der Waals surface area contributed by atoms with Crippen LogP contribution >= 0.6 is 11.6 Å². The second-order valence-corrected chi connectivity index (χ2v) is 8.11. The largest absolute Gasteiger partial charge is 0.339 e. The first-order valence-electron chi connectivity index (χ1n) is 10.2. The highest BCUT2D eigenvalue weighted by molar-refractivity contribution is 6.30. The van der Waals surface area contributed by atoms with Gasteiger partial charge in [-0.1, -0.05) is 42.5 Å². The van der Waals surface area contributed by atoms with Gasteiger partial charge in [0, 0.05) is 35.5 Å². The minimum absolute atomic E-state index is 0.101. The summed E-state index contributed by atoms with van der Waals surface area (Å²) in [4.78, 5) is 23.3. The Labute approximate surface area is 188 Å². The third-order valence-corrected chi connectivity index (χ3v) is 5.81. The molecule has 1 fully saturated rings. The van der Waals surface area contributed by atoms with Crippen LogP contribution in [0.3, 0.4) is 0 Å². The molecule has 158 valence electrons. The lowest BCUT2D eigenvalue weighted by Gasteiger charge is -2.38. The highest BCUT2D eigenvalue weighted by Gasteiger charge is 2.37. The third kappa shape index (κ3) is 5.48. The van der Waals surface area contributed by atoms with Crippen LogP contribution in [0.15, 0.2) is 73.2 Å². The Bertz CT molecular complexity index is 1040. The van der Waals surface area contributed by atoms with Gasteiger partial charge in [-0.3, -0.25) is 4.79 Å². The van der Waals surface area contributed by atoms with Gasteiger partial charge >= 0.3 is 0 Å². The number of allylic oxidation sites excluding steroid dienone is 3. The molecule has 1 saturated heterocycles. The minimum Gasteiger partial charge on any atom is -0.339 e. The minimum atomic E-state index is -0.502. The number of piperidine rings is 1. The summed E-state index contributed by atoms with van der Waals surface area (Å²) in [5.74, 6) is -0.101. The van der Waals surface area contributed by atoms with Crippen molar-refractivity contribution in [1.29, 1.82) is 5.26 Å². The van der Waals surface area contributed by atoms with Gasteiger partial charge < -0.3 is 4.90 Å². The fraction of sp³-hybridized carbons (Fsp3) is 0.280. The van der Waals surface area contributed by atoms with Gasteiger partial charge in [0.15, 0.2) is 0 Å². The molecule has 1 amide bonds. The Kier molecular flexibility index (Phi) is 7.38. The maximum Gasteiger partial charge on any atom is 0.254 e. The fourth-order valence-corrected chi connectivity index (χ4v) is 3.99. The molecule has 0 atom stereocenters.